The molecule has 0 radical (unpaired) electrons. The van der Waals surface area contributed by atoms with Gasteiger partial charge in [-0.25, -0.2) is 8.42 Å². The molecule has 1 aliphatic rings. The van der Waals surface area contributed by atoms with Gasteiger partial charge in [0.15, 0.2) is 6.61 Å². The van der Waals surface area contributed by atoms with Gasteiger partial charge in [0.25, 0.3) is 5.91 Å². The lowest BCUT2D eigenvalue weighted by Crippen LogP contribution is -2.34. The number of sulfonamides is 1. The van der Waals surface area contributed by atoms with Gasteiger partial charge in [-0.1, -0.05) is 24.3 Å². The first-order valence-corrected chi connectivity index (χ1v) is 10.7. The van der Waals surface area contributed by atoms with Crippen LogP contribution in [0.4, 0.5) is 5.69 Å². The summed E-state index contributed by atoms with van der Waals surface area (Å²) >= 11 is 0. The molecule has 1 aliphatic carbocycles. The first kappa shape index (κ1) is 19.2. The van der Waals surface area contributed by atoms with Crippen LogP contribution in [0, 0.1) is 0 Å². The minimum absolute atomic E-state index is 0.0248. The summed E-state index contributed by atoms with van der Waals surface area (Å²) < 4.78 is 29.8. The van der Waals surface area contributed by atoms with E-state index in [0.29, 0.717) is 11.4 Å². The zero-order valence-corrected chi connectivity index (χ0v) is 16.3. The van der Waals surface area contributed by atoms with Crippen molar-refractivity contribution in [1.82, 2.24) is 5.32 Å². The Kier molecular flexibility index (Phi) is 5.70. The summed E-state index contributed by atoms with van der Waals surface area (Å²) in [4.78, 5) is 12.3. The zero-order chi connectivity index (χ0) is 19.4. The average Bonchev–Trinajstić information content (AvgIpc) is 2.66. The van der Waals surface area contributed by atoms with Crippen LogP contribution >= 0.6 is 0 Å². The van der Waals surface area contributed by atoms with Gasteiger partial charge in [-0.2, -0.15) is 0 Å². The Balaban J connectivity index is 1.56. The molecule has 2 aromatic carbocycles. The number of rotatable bonds is 6. The second-order valence-corrected chi connectivity index (χ2v) is 8.74. The lowest BCUT2D eigenvalue weighted by molar-refractivity contribution is -0.123. The summed E-state index contributed by atoms with van der Waals surface area (Å²) in [5.41, 5.74) is 3.01. The Bertz CT molecular complexity index is 910. The highest BCUT2D eigenvalue weighted by molar-refractivity contribution is 7.92. The van der Waals surface area contributed by atoms with Gasteiger partial charge in [0.2, 0.25) is 10.0 Å². The van der Waals surface area contributed by atoms with Crippen molar-refractivity contribution in [2.24, 2.45) is 0 Å². The van der Waals surface area contributed by atoms with E-state index < -0.39 is 10.0 Å². The van der Waals surface area contributed by atoms with Crippen LogP contribution in [0.1, 0.15) is 30.0 Å². The van der Waals surface area contributed by atoms with E-state index in [1.54, 1.807) is 24.3 Å². The maximum atomic E-state index is 12.3. The summed E-state index contributed by atoms with van der Waals surface area (Å²) in [6.45, 7) is -0.0834. The van der Waals surface area contributed by atoms with Crippen molar-refractivity contribution in [2.75, 3.05) is 24.2 Å². The molecule has 0 aliphatic heterocycles. The Hall–Kier alpha value is -2.54. The normalized spacial score (nSPS) is 16.3. The lowest BCUT2D eigenvalue weighted by atomic mass is 9.88. The van der Waals surface area contributed by atoms with Crippen molar-refractivity contribution < 1.29 is 17.9 Å². The molecular weight excluding hydrogens is 364 g/mol. The molecule has 0 aromatic heterocycles. The van der Waals surface area contributed by atoms with E-state index in [4.69, 9.17) is 4.74 Å². The van der Waals surface area contributed by atoms with Gasteiger partial charge in [0.1, 0.15) is 5.75 Å². The summed E-state index contributed by atoms with van der Waals surface area (Å²) in [6.07, 6.45) is 4.17. The van der Waals surface area contributed by atoms with E-state index >= 15 is 0 Å². The third-order valence-corrected chi connectivity index (χ3v) is 5.98. The predicted molar refractivity (Wildman–Crippen MR) is 105 cm³/mol. The van der Waals surface area contributed by atoms with Crippen LogP contribution in [0.25, 0.3) is 0 Å². The first-order valence-electron chi connectivity index (χ1n) is 8.88. The summed E-state index contributed by atoms with van der Waals surface area (Å²) in [6, 6.07) is 14.8. The molecule has 27 heavy (non-hydrogen) atoms. The predicted octanol–water partition coefficient (Wildman–Crippen LogP) is 2.66. The van der Waals surface area contributed by atoms with Crippen LogP contribution in [0.3, 0.4) is 0 Å². The van der Waals surface area contributed by atoms with Gasteiger partial charge in [-0.05, 0) is 54.7 Å². The number of anilines is 1. The Morgan fingerprint density at radius 2 is 1.89 bits per heavy atom. The molecule has 3 rings (SSSR count). The fourth-order valence-electron chi connectivity index (χ4n) is 3.23. The van der Waals surface area contributed by atoms with Crippen LogP contribution in [0.15, 0.2) is 48.5 Å². The average molecular weight is 388 g/mol. The molecule has 0 bridgehead atoms. The number of aryl methyl sites for hydroxylation is 1. The highest BCUT2D eigenvalue weighted by atomic mass is 32.2. The van der Waals surface area contributed by atoms with E-state index in [1.165, 1.54) is 22.5 Å². The van der Waals surface area contributed by atoms with Crippen molar-refractivity contribution in [2.45, 2.75) is 25.3 Å². The SMILES string of the molecule is CN(c1ccc(OCC(=O)N[C@H]2CCCc3ccccc32)cc1)S(C)(=O)=O. The molecule has 0 heterocycles. The fourth-order valence-corrected chi connectivity index (χ4v) is 3.74. The van der Waals surface area contributed by atoms with Crippen molar-refractivity contribution in [3.05, 3.63) is 59.7 Å². The maximum Gasteiger partial charge on any atom is 0.258 e. The Labute approximate surface area is 160 Å². The number of hydrogen-bond acceptors (Lipinski definition) is 4. The fraction of sp³-hybridized carbons (Fsp3) is 0.350. The van der Waals surface area contributed by atoms with Crippen molar-refractivity contribution >= 4 is 21.6 Å². The number of carbonyl (C=O) groups excluding carboxylic acids is 1. The largest absolute Gasteiger partial charge is 0.484 e. The summed E-state index contributed by atoms with van der Waals surface area (Å²) in [5.74, 6) is 0.342. The molecule has 1 atom stereocenters. The zero-order valence-electron chi connectivity index (χ0n) is 15.5. The number of ether oxygens (including phenoxy) is 1. The molecule has 1 N–H and O–H groups in total. The van der Waals surface area contributed by atoms with E-state index in [0.717, 1.165) is 25.5 Å². The number of benzene rings is 2. The van der Waals surface area contributed by atoms with Gasteiger partial charge < -0.3 is 10.1 Å². The molecule has 2 aromatic rings. The molecule has 7 heteroatoms. The van der Waals surface area contributed by atoms with Gasteiger partial charge in [-0.3, -0.25) is 9.10 Å². The van der Waals surface area contributed by atoms with E-state index in [2.05, 4.69) is 17.4 Å². The van der Waals surface area contributed by atoms with Crippen LogP contribution < -0.4 is 14.4 Å². The third kappa shape index (κ3) is 4.80. The smallest absolute Gasteiger partial charge is 0.258 e. The number of hydrogen-bond donors (Lipinski definition) is 1. The lowest BCUT2D eigenvalue weighted by Gasteiger charge is -2.26. The molecule has 0 unspecified atom stereocenters. The molecular formula is C20H24N2O4S. The summed E-state index contributed by atoms with van der Waals surface area (Å²) in [5, 5.41) is 3.04. The van der Waals surface area contributed by atoms with Crippen LogP contribution in [0.2, 0.25) is 0 Å². The highest BCUT2D eigenvalue weighted by Gasteiger charge is 2.21. The topological polar surface area (TPSA) is 75.7 Å². The van der Waals surface area contributed by atoms with Gasteiger partial charge in [-0.15, -0.1) is 0 Å². The molecule has 0 saturated heterocycles. The number of amides is 1. The molecule has 1 amide bonds. The summed E-state index contributed by atoms with van der Waals surface area (Å²) in [7, 11) is -1.82. The molecule has 0 fully saturated rings. The van der Waals surface area contributed by atoms with Crippen molar-refractivity contribution in [3.8, 4) is 5.75 Å². The van der Waals surface area contributed by atoms with Gasteiger partial charge >= 0.3 is 0 Å². The Morgan fingerprint density at radius 1 is 1.19 bits per heavy atom. The van der Waals surface area contributed by atoms with Crippen molar-refractivity contribution in [3.63, 3.8) is 0 Å². The van der Waals surface area contributed by atoms with E-state index in [-0.39, 0.29) is 18.6 Å². The number of nitrogens with zero attached hydrogens (tertiary/aromatic N) is 1. The molecule has 144 valence electrons. The van der Waals surface area contributed by atoms with Crippen LogP contribution in [-0.2, 0) is 21.2 Å². The first-order chi connectivity index (χ1) is 12.8. The van der Waals surface area contributed by atoms with Gasteiger partial charge in [0.05, 0.1) is 18.0 Å². The minimum Gasteiger partial charge on any atom is -0.484 e. The number of fused-ring (bicyclic) bond motifs is 1. The highest BCUT2D eigenvalue weighted by Crippen LogP contribution is 2.29. The molecule has 6 nitrogen and oxygen atoms in total. The standard InChI is InChI=1S/C20H24N2O4S/c1-22(27(2,24)25)16-10-12-17(13-11-16)26-14-20(23)21-19-9-5-7-15-6-3-4-8-18(15)19/h3-4,6,8,10-13,19H,5,7,9,14H2,1-2H3,(H,21,23)/t19-/m0/s1. The van der Waals surface area contributed by atoms with E-state index in [1.807, 2.05) is 12.1 Å². The van der Waals surface area contributed by atoms with E-state index in [9.17, 15) is 13.2 Å². The third-order valence-electron chi connectivity index (χ3n) is 4.77. The Morgan fingerprint density at radius 3 is 2.59 bits per heavy atom. The second kappa shape index (κ2) is 8.00. The molecule has 0 spiro atoms. The molecule has 0 saturated carbocycles. The van der Waals surface area contributed by atoms with Crippen molar-refractivity contribution in [1.29, 1.82) is 0 Å². The van der Waals surface area contributed by atoms with Gasteiger partial charge in [0, 0.05) is 7.05 Å². The monoisotopic (exact) mass is 388 g/mol. The second-order valence-electron chi connectivity index (χ2n) is 6.72. The number of nitrogens with one attached hydrogen (secondary N) is 1. The quantitative estimate of drug-likeness (QED) is 0.825. The number of carbonyl (C=O) groups is 1. The van der Waals surface area contributed by atoms with Crippen LogP contribution in [-0.4, -0.2) is 34.2 Å². The van der Waals surface area contributed by atoms with Crippen LogP contribution in [0.5, 0.6) is 5.75 Å². The maximum absolute atomic E-state index is 12.3. The minimum atomic E-state index is -3.31.